The van der Waals surface area contributed by atoms with Crippen LogP contribution in [-0.4, -0.2) is 20.2 Å². The van der Waals surface area contributed by atoms with Crippen LogP contribution in [0.25, 0.3) is 0 Å². The third-order valence-corrected chi connectivity index (χ3v) is 1.20. The average Bonchev–Trinajstić information content (AvgIpc) is 1.89. The summed E-state index contributed by atoms with van der Waals surface area (Å²) in [5.74, 6) is 0. The Morgan fingerprint density at radius 3 is 2.78 bits per heavy atom. The van der Waals surface area contributed by atoms with Gasteiger partial charge in [-0.25, -0.2) is 0 Å². The van der Waals surface area contributed by atoms with E-state index in [-0.39, 0.29) is 6.04 Å². The highest BCUT2D eigenvalue weighted by atomic mass is 16.1. The first-order valence-corrected chi connectivity index (χ1v) is 3.20. The summed E-state index contributed by atoms with van der Waals surface area (Å²) in [6.45, 7) is 0. The molecule has 2 radical (unpaired) electrons. The third kappa shape index (κ3) is 5.57. The summed E-state index contributed by atoms with van der Waals surface area (Å²) in [6, 6.07) is 0.0740. The Kier molecular flexibility index (Phi) is 5.63. The summed E-state index contributed by atoms with van der Waals surface area (Å²) < 4.78 is 0. The Balaban J connectivity index is 2.96. The van der Waals surface area contributed by atoms with Crippen molar-refractivity contribution in [3.8, 4) is 0 Å². The number of hydrogen-bond donors (Lipinski definition) is 1. The normalized spacial score (nSPS) is 13.0. The minimum Gasteiger partial charge on any atom is -0.328 e. The number of aldehydes is 1. The van der Waals surface area contributed by atoms with Crippen LogP contribution in [0.3, 0.4) is 0 Å². The highest BCUT2D eigenvalue weighted by molar-refractivity contribution is 6.08. The lowest BCUT2D eigenvalue weighted by Gasteiger charge is -2.04. The van der Waals surface area contributed by atoms with Crippen molar-refractivity contribution in [2.75, 3.05) is 0 Å². The topological polar surface area (TPSA) is 43.1 Å². The minimum atomic E-state index is 0.0740. The van der Waals surface area contributed by atoms with Gasteiger partial charge >= 0.3 is 0 Å². The first kappa shape index (κ1) is 8.69. The molecular formula is C6H12BNO. The van der Waals surface area contributed by atoms with E-state index in [2.05, 4.69) is 0 Å². The molecule has 0 saturated heterocycles. The predicted octanol–water partition coefficient (Wildman–Crippen LogP) is 0.270. The number of carbonyl (C=O) groups excluding carboxylic acids is 1. The summed E-state index contributed by atoms with van der Waals surface area (Å²) in [6.07, 6.45) is 3.74. The molecule has 0 aliphatic rings. The van der Waals surface area contributed by atoms with Crippen LogP contribution >= 0.6 is 0 Å². The van der Waals surface area contributed by atoms with Crippen LogP contribution in [0.5, 0.6) is 0 Å². The smallest absolute Gasteiger partial charge is 0.119 e. The Morgan fingerprint density at radius 1 is 1.67 bits per heavy atom. The average molecular weight is 125 g/mol. The van der Waals surface area contributed by atoms with E-state index in [9.17, 15) is 4.79 Å². The Bertz CT molecular complexity index is 77.5. The van der Waals surface area contributed by atoms with E-state index in [1.165, 1.54) is 0 Å². The fourth-order valence-corrected chi connectivity index (χ4v) is 0.581. The van der Waals surface area contributed by atoms with Gasteiger partial charge in [0, 0.05) is 6.42 Å². The zero-order chi connectivity index (χ0) is 7.11. The molecule has 0 rings (SSSR count). The van der Waals surface area contributed by atoms with Crippen molar-refractivity contribution in [3.63, 3.8) is 0 Å². The molecule has 0 saturated carbocycles. The molecule has 0 aliphatic heterocycles. The van der Waals surface area contributed by atoms with Crippen molar-refractivity contribution in [1.82, 2.24) is 0 Å². The molecule has 0 aromatic carbocycles. The second-order valence-electron chi connectivity index (χ2n) is 2.09. The zero-order valence-electron chi connectivity index (χ0n) is 5.55. The SMILES string of the molecule is [B]CC(N)CCCC=O. The molecule has 50 valence electrons. The lowest BCUT2D eigenvalue weighted by atomic mass is 9.94. The molecule has 9 heavy (non-hydrogen) atoms. The number of hydrogen-bond acceptors (Lipinski definition) is 2. The summed E-state index contributed by atoms with van der Waals surface area (Å²) in [5, 5.41) is 0. The van der Waals surface area contributed by atoms with Gasteiger partial charge in [0.2, 0.25) is 0 Å². The second kappa shape index (κ2) is 5.82. The minimum absolute atomic E-state index is 0.0740. The van der Waals surface area contributed by atoms with Gasteiger partial charge in [0.05, 0.1) is 7.85 Å². The Labute approximate surface area is 57.2 Å². The molecule has 0 spiro atoms. The highest BCUT2D eigenvalue weighted by Gasteiger charge is 1.95. The van der Waals surface area contributed by atoms with E-state index in [1.54, 1.807) is 0 Å². The van der Waals surface area contributed by atoms with Crippen molar-refractivity contribution in [1.29, 1.82) is 0 Å². The quantitative estimate of drug-likeness (QED) is 0.325. The first-order valence-electron chi connectivity index (χ1n) is 3.20. The largest absolute Gasteiger partial charge is 0.328 e. The number of nitrogens with two attached hydrogens (primary N) is 1. The van der Waals surface area contributed by atoms with Gasteiger partial charge in [0.1, 0.15) is 6.29 Å². The number of carbonyl (C=O) groups is 1. The van der Waals surface area contributed by atoms with Crippen LogP contribution in [0.4, 0.5) is 0 Å². The van der Waals surface area contributed by atoms with Crippen LogP contribution in [0.2, 0.25) is 6.32 Å². The van der Waals surface area contributed by atoms with E-state index in [4.69, 9.17) is 13.6 Å². The highest BCUT2D eigenvalue weighted by Crippen LogP contribution is 1.98. The summed E-state index contributed by atoms with van der Waals surface area (Å²) in [5.41, 5.74) is 5.47. The van der Waals surface area contributed by atoms with Crippen LogP contribution in [-0.2, 0) is 4.79 Å². The Hall–Kier alpha value is -0.305. The molecule has 3 heteroatoms. The van der Waals surface area contributed by atoms with Gasteiger partial charge in [-0.3, -0.25) is 0 Å². The van der Waals surface area contributed by atoms with Crippen molar-refractivity contribution >= 4 is 14.1 Å². The maximum Gasteiger partial charge on any atom is 0.119 e. The van der Waals surface area contributed by atoms with Gasteiger partial charge in [0.25, 0.3) is 0 Å². The maximum absolute atomic E-state index is 9.80. The molecule has 0 heterocycles. The van der Waals surface area contributed by atoms with E-state index >= 15 is 0 Å². The standard InChI is InChI=1S/C6H12BNO/c7-5-6(8)3-1-2-4-9/h4,6H,1-3,5,8H2. The van der Waals surface area contributed by atoms with Gasteiger partial charge in [0.15, 0.2) is 0 Å². The van der Waals surface area contributed by atoms with Crippen LogP contribution in [0.15, 0.2) is 0 Å². The fourth-order valence-electron chi connectivity index (χ4n) is 0.581. The molecule has 2 nitrogen and oxygen atoms in total. The number of unbranched alkanes of at least 4 members (excludes halogenated alkanes) is 1. The monoisotopic (exact) mass is 125 g/mol. The summed E-state index contributed by atoms with van der Waals surface area (Å²) in [4.78, 5) is 9.80. The van der Waals surface area contributed by atoms with Crippen molar-refractivity contribution in [2.24, 2.45) is 5.73 Å². The van der Waals surface area contributed by atoms with E-state index in [0.29, 0.717) is 12.7 Å². The molecule has 1 atom stereocenters. The summed E-state index contributed by atoms with van der Waals surface area (Å²) >= 11 is 0. The van der Waals surface area contributed by atoms with Crippen molar-refractivity contribution in [2.45, 2.75) is 31.6 Å². The molecule has 0 fully saturated rings. The van der Waals surface area contributed by atoms with Gasteiger partial charge in [-0.05, 0) is 18.9 Å². The maximum atomic E-state index is 9.80. The fraction of sp³-hybridized carbons (Fsp3) is 0.833. The van der Waals surface area contributed by atoms with Gasteiger partial charge in [-0.15, -0.1) is 0 Å². The lowest BCUT2D eigenvalue weighted by Crippen LogP contribution is -2.18. The molecule has 0 aromatic rings. The molecule has 2 N–H and O–H groups in total. The van der Waals surface area contributed by atoms with Crippen LogP contribution in [0, 0.1) is 0 Å². The van der Waals surface area contributed by atoms with Crippen LogP contribution in [0.1, 0.15) is 19.3 Å². The molecule has 0 aliphatic carbocycles. The molecular weight excluding hydrogens is 113 g/mol. The predicted molar refractivity (Wildman–Crippen MR) is 38.5 cm³/mol. The van der Waals surface area contributed by atoms with Gasteiger partial charge in [-0.1, -0.05) is 6.32 Å². The molecule has 0 amide bonds. The second-order valence-corrected chi connectivity index (χ2v) is 2.09. The first-order chi connectivity index (χ1) is 4.31. The zero-order valence-corrected chi connectivity index (χ0v) is 5.55. The Morgan fingerprint density at radius 2 is 2.33 bits per heavy atom. The van der Waals surface area contributed by atoms with Gasteiger partial charge in [-0.2, -0.15) is 0 Å². The third-order valence-electron chi connectivity index (χ3n) is 1.20. The lowest BCUT2D eigenvalue weighted by molar-refractivity contribution is -0.107. The molecule has 0 aromatic heterocycles. The number of rotatable bonds is 5. The van der Waals surface area contributed by atoms with Gasteiger partial charge < -0.3 is 10.5 Å². The molecule has 1 unspecified atom stereocenters. The van der Waals surface area contributed by atoms with E-state index in [1.807, 2.05) is 0 Å². The van der Waals surface area contributed by atoms with Crippen LogP contribution < -0.4 is 5.73 Å². The van der Waals surface area contributed by atoms with Crippen molar-refractivity contribution in [3.05, 3.63) is 0 Å². The molecule has 0 bridgehead atoms. The van der Waals surface area contributed by atoms with E-state index < -0.39 is 0 Å². The van der Waals surface area contributed by atoms with Crippen molar-refractivity contribution < 1.29 is 4.79 Å². The summed E-state index contributed by atoms with van der Waals surface area (Å²) in [7, 11) is 5.24. The van der Waals surface area contributed by atoms with E-state index in [0.717, 1.165) is 19.1 Å².